The lowest BCUT2D eigenvalue weighted by Crippen LogP contribution is -1.97. The van der Waals surface area contributed by atoms with Crippen LogP contribution in [0.15, 0.2) is 24.4 Å². The monoisotopic (exact) mass is 238 g/mol. The van der Waals surface area contributed by atoms with Crippen LogP contribution >= 0.6 is 0 Å². The maximum Gasteiger partial charge on any atom is 0.195 e. The van der Waals surface area contributed by atoms with E-state index in [1.807, 2.05) is 0 Å². The molecule has 0 aliphatic rings. The van der Waals surface area contributed by atoms with Gasteiger partial charge in [-0.25, -0.2) is 18.2 Å². The van der Waals surface area contributed by atoms with Gasteiger partial charge in [0.15, 0.2) is 17.5 Å². The molecular formula is C12H9F3N2. The van der Waals surface area contributed by atoms with Crippen molar-refractivity contribution < 1.29 is 13.2 Å². The van der Waals surface area contributed by atoms with E-state index in [0.29, 0.717) is 16.9 Å². The molecule has 1 heterocycles. The normalized spacial score (nSPS) is 10.6. The highest BCUT2D eigenvalue weighted by molar-refractivity contribution is 5.65. The zero-order chi connectivity index (χ0) is 12.6. The molecule has 0 aliphatic carbocycles. The summed E-state index contributed by atoms with van der Waals surface area (Å²) in [6.45, 7) is 1.70. The number of rotatable bonds is 1. The van der Waals surface area contributed by atoms with Gasteiger partial charge in [-0.15, -0.1) is 0 Å². The maximum absolute atomic E-state index is 13.5. The predicted molar refractivity (Wildman–Crippen MR) is 58.7 cm³/mol. The third kappa shape index (κ3) is 1.95. The zero-order valence-electron chi connectivity index (χ0n) is 8.97. The summed E-state index contributed by atoms with van der Waals surface area (Å²) in [6.07, 6.45) is 1.32. The fraction of sp³-hybridized carbons (Fsp3) is 0.0833. The lowest BCUT2D eigenvalue weighted by atomic mass is 10.0. The van der Waals surface area contributed by atoms with Crippen molar-refractivity contribution in [3.05, 3.63) is 47.4 Å². The molecule has 88 valence electrons. The van der Waals surface area contributed by atoms with Crippen molar-refractivity contribution in [2.75, 3.05) is 5.73 Å². The van der Waals surface area contributed by atoms with Crippen LogP contribution in [0, 0.1) is 24.4 Å². The number of nitrogens with zero attached hydrogens (tertiary/aromatic N) is 1. The number of aryl methyl sites for hydroxylation is 1. The molecule has 0 unspecified atom stereocenters. The summed E-state index contributed by atoms with van der Waals surface area (Å²) in [4.78, 5) is 3.84. The molecule has 2 nitrogen and oxygen atoms in total. The van der Waals surface area contributed by atoms with Crippen LogP contribution in [-0.2, 0) is 0 Å². The number of nitrogens with two attached hydrogens (primary N) is 1. The molecule has 0 atom stereocenters. The minimum absolute atomic E-state index is 0.0421. The van der Waals surface area contributed by atoms with Crippen LogP contribution in [0.25, 0.3) is 11.1 Å². The minimum Gasteiger partial charge on any atom is -0.383 e. The van der Waals surface area contributed by atoms with E-state index in [4.69, 9.17) is 5.73 Å². The van der Waals surface area contributed by atoms with Crippen LogP contribution < -0.4 is 5.73 Å². The highest BCUT2D eigenvalue weighted by atomic mass is 19.2. The molecule has 0 amide bonds. The van der Waals surface area contributed by atoms with Gasteiger partial charge in [-0.2, -0.15) is 0 Å². The van der Waals surface area contributed by atoms with Crippen molar-refractivity contribution in [3.8, 4) is 11.1 Å². The molecule has 0 saturated carbocycles. The first-order chi connectivity index (χ1) is 8.00. The van der Waals surface area contributed by atoms with E-state index < -0.39 is 17.5 Å². The smallest absolute Gasteiger partial charge is 0.195 e. The lowest BCUT2D eigenvalue weighted by Gasteiger charge is -2.06. The van der Waals surface area contributed by atoms with Crippen LogP contribution in [0.4, 0.5) is 19.0 Å². The minimum atomic E-state index is -1.49. The summed E-state index contributed by atoms with van der Waals surface area (Å²) in [6, 6.07) is 3.61. The van der Waals surface area contributed by atoms with Crippen LogP contribution in [0.2, 0.25) is 0 Å². The fourth-order valence-electron chi connectivity index (χ4n) is 1.48. The third-order valence-electron chi connectivity index (χ3n) is 2.46. The number of hydrogen-bond donors (Lipinski definition) is 1. The van der Waals surface area contributed by atoms with Crippen molar-refractivity contribution in [1.82, 2.24) is 4.98 Å². The van der Waals surface area contributed by atoms with E-state index in [-0.39, 0.29) is 5.56 Å². The third-order valence-corrected chi connectivity index (χ3v) is 2.46. The molecule has 0 radical (unpaired) electrons. The Morgan fingerprint density at radius 2 is 1.82 bits per heavy atom. The van der Waals surface area contributed by atoms with Gasteiger partial charge < -0.3 is 5.73 Å². The quantitative estimate of drug-likeness (QED) is 0.775. The van der Waals surface area contributed by atoms with Crippen LogP contribution in [0.3, 0.4) is 0 Å². The van der Waals surface area contributed by atoms with Gasteiger partial charge in [-0.3, -0.25) is 0 Å². The molecule has 5 heteroatoms. The van der Waals surface area contributed by atoms with Crippen LogP contribution in [0.1, 0.15) is 5.56 Å². The highest BCUT2D eigenvalue weighted by Crippen LogP contribution is 2.26. The molecule has 0 fully saturated rings. The number of hydrogen-bond acceptors (Lipinski definition) is 2. The molecular weight excluding hydrogens is 229 g/mol. The van der Waals surface area contributed by atoms with Crippen LogP contribution in [0.5, 0.6) is 0 Å². The Morgan fingerprint density at radius 3 is 2.47 bits per heavy atom. The van der Waals surface area contributed by atoms with E-state index >= 15 is 0 Å². The van der Waals surface area contributed by atoms with Gasteiger partial charge in [-0.1, -0.05) is 0 Å². The number of pyridine rings is 1. The topological polar surface area (TPSA) is 38.9 Å². The maximum atomic E-state index is 13.5. The lowest BCUT2D eigenvalue weighted by molar-refractivity contribution is 0.449. The van der Waals surface area contributed by atoms with Crippen molar-refractivity contribution in [3.63, 3.8) is 0 Å². The molecule has 17 heavy (non-hydrogen) atoms. The second-order valence-corrected chi connectivity index (χ2v) is 3.65. The molecule has 1 aromatic heterocycles. The second-order valence-electron chi connectivity index (χ2n) is 3.65. The average molecular weight is 238 g/mol. The Morgan fingerprint density at radius 1 is 1.12 bits per heavy atom. The SMILES string of the molecule is Cc1cc(-c2ccc(F)c(F)c2F)cnc1N. The molecule has 0 saturated heterocycles. The van der Waals surface area contributed by atoms with Gasteiger partial charge in [0, 0.05) is 17.3 Å². The Kier molecular flexibility index (Phi) is 2.75. The van der Waals surface area contributed by atoms with Gasteiger partial charge in [0.2, 0.25) is 0 Å². The first kappa shape index (κ1) is 11.4. The summed E-state index contributed by atoms with van der Waals surface area (Å²) in [7, 11) is 0. The number of benzene rings is 1. The Hall–Kier alpha value is -2.04. The van der Waals surface area contributed by atoms with Gasteiger partial charge >= 0.3 is 0 Å². The number of nitrogen functional groups attached to an aromatic ring is 1. The molecule has 0 spiro atoms. The fourth-order valence-corrected chi connectivity index (χ4v) is 1.48. The van der Waals surface area contributed by atoms with Gasteiger partial charge in [0.1, 0.15) is 5.82 Å². The Bertz CT molecular complexity index is 582. The second kappa shape index (κ2) is 4.08. The predicted octanol–water partition coefficient (Wildman–Crippen LogP) is 3.06. The first-order valence-corrected chi connectivity index (χ1v) is 4.86. The number of anilines is 1. The molecule has 0 aliphatic heterocycles. The van der Waals surface area contributed by atoms with Crippen LogP contribution in [-0.4, -0.2) is 4.98 Å². The standard InChI is InChI=1S/C12H9F3N2/c1-6-4-7(5-17-12(6)16)8-2-3-9(13)11(15)10(8)14/h2-5H,1H3,(H2,16,17). The summed E-state index contributed by atoms with van der Waals surface area (Å²) < 4.78 is 39.3. The highest BCUT2D eigenvalue weighted by Gasteiger charge is 2.15. The van der Waals surface area contributed by atoms with E-state index in [1.54, 1.807) is 13.0 Å². The first-order valence-electron chi connectivity index (χ1n) is 4.86. The van der Waals surface area contributed by atoms with E-state index in [9.17, 15) is 13.2 Å². The van der Waals surface area contributed by atoms with Gasteiger partial charge in [-0.05, 0) is 30.7 Å². The number of aromatic nitrogens is 1. The van der Waals surface area contributed by atoms with Crippen molar-refractivity contribution >= 4 is 5.82 Å². The summed E-state index contributed by atoms with van der Waals surface area (Å²) in [5.41, 5.74) is 6.48. The molecule has 2 aromatic rings. The zero-order valence-corrected chi connectivity index (χ0v) is 8.97. The summed E-state index contributed by atoms with van der Waals surface area (Å²) >= 11 is 0. The molecule has 0 bridgehead atoms. The Balaban J connectivity index is 2.61. The van der Waals surface area contributed by atoms with Crippen molar-refractivity contribution in [2.45, 2.75) is 6.92 Å². The van der Waals surface area contributed by atoms with Gasteiger partial charge in [0.05, 0.1) is 0 Å². The molecule has 1 aromatic carbocycles. The van der Waals surface area contributed by atoms with E-state index in [2.05, 4.69) is 4.98 Å². The summed E-state index contributed by atoms with van der Waals surface area (Å²) in [5, 5.41) is 0. The largest absolute Gasteiger partial charge is 0.383 e. The van der Waals surface area contributed by atoms with Gasteiger partial charge in [0.25, 0.3) is 0 Å². The van der Waals surface area contributed by atoms with E-state index in [1.165, 1.54) is 12.3 Å². The van der Waals surface area contributed by atoms with Crippen molar-refractivity contribution in [2.24, 2.45) is 0 Å². The van der Waals surface area contributed by atoms with Crippen molar-refractivity contribution in [1.29, 1.82) is 0 Å². The molecule has 2 rings (SSSR count). The average Bonchev–Trinajstić information content (AvgIpc) is 2.30. The summed E-state index contributed by atoms with van der Waals surface area (Å²) in [5.74, 6) is -3.61. The number of halogens is 3. The van der Waals surface area contributed by atoms with E-state index in [0.717, 1.165) is 6.07 Å². The molecule has 2 N–H and O–H groups in total. The Labute approximate surface area is 95.9 Å².